The first-order valence-electron chi connectivity index (χ1n) is 10.8. The predicted octanol–water partition coefficient (Wildman–Crippen LogP) is 5.51. The van der Waals surface area contributed by atoms with Gasteiger partial charge >= 0.3 is 0 Å². The van der Waals surface area contributed by atoms with E-state index in [9.17, 15) is 4.79 Å². The summed E-state index contributed by atoms with van der Waals surface area (Å²) in [6.45, 7) is 0.549. The maximum Gasteiger partial charge on any atom is 0.293 e. The molecule has 0 bridgehead atoms. The highest BCUT2D eigenvalue weighted by Gasteiger charge is 2.48. The van der Waals surface area contributed by atoms with Gasteiger partial charge < -0.3 is 9.88 Å². The second kappa shape index (κ2) is 7.92. The monoisotopic (exact) mass is 419 g/mol. The van der Waals surface area contributed by atoms with Gasteiger partial charge in [-0.25, -0.2) is 4.98 Å². The lowest BCUT2D eigenvalue weighted by Crippen LogP contribution is -2.30. The Hall–Kier alpha value is -2.59. The highest BCUT2D eigenvalue weighted by Crippen LogP contribution is 2.53. The van der Waals surface area contributed by atoms with Crippen LogP contribution in [-0.4, -0.2) is 9.55 Å². The van der Waals surface area contributed by atoms with E-state index in [-0.39, 0.29) is 17.0 Å². The molecule has 0 amide bonds. The highest BCUT2D eigenvalue weighted by atomic mass is 35.5. The lowest BCUT2D eigenvalue weighted by Gasteiger charge is -2.23. The zero-order valence-electron chi connectivity index (χ0n) is 17.0. The van der Waals surface area contributed by atoms with Gasteiger partial charge in [0.25, 0.3) is 5.56 Å². The molecular formula is C25H26ClN3O. The Labute approximate surface area is 181 Å². The third-order valence-electron chi connectivity index (χ3n) is 6.74. The summed E-state index contributed by atoms with van der Waals surface area (Å²) in [7, 11) is 0. The van der Waals surface area contributed by atoms with Gasteiger partial charge in [0.1, 0.15) is 0 Å². The van der Waals surface area contributed by atoms with Crippen molar-refractivity contribution in [1.29, 1.82) is 0 Å². The number of hydrogen-bond donors (Lipinski definition) is 1. The minimum atomic E-state index is -0.0463. The molecule has 1 N–H and O–H groups in total. The van der Waals surface area contributed by atoms with Crippen molar-refractivity contribution in [3.05, 3.63) is 93.0 Å². The molecule has 1 spiro atoms. The summed E-state index contributed by atoms with van der Waals surface area (Å²) >= 11 is 6.76. The molecule has 2 aromatic carbocycles. The van der Waals surface area contributed by atoms with Gasteiger partial charge in [0, 0.05) is 18.0 Å². The summed E-state index contributed by atoms with van der Waals surface area (Å²) in [6, 6.07) is 20.6. The van der Waals surface area contributed by atoms with Gasteiger partial charge in [-0.3, -0.25) is 4.79 Å². The van der Waals surface area contributed by atoms with E-state index in [1.807, 2.05) is 41.0 Å². The minimum absolute atomic E-state index is 0.000645. The molecule has 0 unspecified atom stereocenters. The van der Waals surface area contributed by atoms with Gasteiger partial charge in [0.05, 0.1) is 5.69 Å². The molecule has 5 heteroatoms. The number of anilines is 1. The van der Waals surface area contributed by atoms with Crippen LogP contribution in [0.15, 0.2) is 65.5 Å². The average Bonchev–Trinajstić information content (AvgIpc) is 3.36. The number of nitrogens with zero attached hydrogens (tertiary/aromatic N) is 2. The van der Waals surface area contributed by atoms with E-state index in [0.29, 0.717) is 17.5 Å². The highest BCUT2D eigenvalue weighted by molar-refractivity contribution is 6.30. The van der Waals surface area contributed by atoms with E-state index in [2.05, 4.69) is 34.6 Å². The number of hydrogen-bond acceptors (Lipinski definition) is 3. The van der Waals surface area contributed by atoms with E-state index in [4.69, 9.17) is 11.6 Å². The van der Waals surface area contributed by atoms with Crippen molar-refractivity contribution in [3.63, 3.8) is 0 Å². The molecule has 1 aliphatic heterocycles. The molecule has 4 nitrogen and oxygen atoms in total. The molecule has 5 rings (SSSR count). The van der Waals surface area contributed by atoms with Crippen LogP contribution in [0.5, 0.6) is 0 Å². The fraction of sp³-hybridized carbons (Fsp3) is 0.360. The molecule has 1 fully saturated rings. The van der Waals surface area contributed by atoms with Crippen molar-refractivity contribution in [2.45, 2.75) is 56.5 Å². The number of fused-ring (bicyclic) bond motifs is 2. The van der Waals surface area contributed by atoms with Crippen LogP contribution >= 0.6 is 11.6 Å². The molecule has 0 saturated heterocycles. The first-order chi connectivity index (χ1) is 14.7. The molecule has 30 heavy (non-hydrogen) atoms. The molecule has 154 valence electrons. The number of aromatic nitrogens is 2. The van der Waals surface area contributed by atoms with Crippen LogP contribution < -0.4 is 10.9 Å². The van der Waals surface area contributed by atoms with Crippen LogP contribution in [0.1, 0.15) is 55.0 Å². The van der Waals surface area contributed by atoms with Crippen LogP contribution in [0.3, 0.4) is 0 Å². The van der Waals surface area contributed by atoms with Crippen LogP contribution in [0, 0.1) is 0 Å². The van der Waals surface area contributed by atoms with E-state index in [0.717, 1.165) is 36.9 Å². The second-order valence-electron chi connectivity index (χ2n) is 8.65. The molecule has 1 aromatic heterocycles. The number of rotatable bonds is 5. The normalized spacial score (nSPS) is 19.2. The summed E-state index contributed by atoms with van der Waals surface area (Å²) in [5.74, 6) is 0.348. The summed E-state index contributed by atoms with van der Waals surface area (Å²) in [6.07, 6.45) is 6.38. The maximum atomic E-state index is 13.6. The lowest BCUT2D eigenvalue weighted by molar-refractivity contribution is 0.394. The molecule has 1 aliphatic carbocycles. The molecular weight excluding hydrogens is 394 g/mol. The number of nitrogens with one attached hydrogen (secondary N) is 1. The van der Waals surface area contributed by atoms with Gasteiger partial charge in [-0.15, -0.1) is 0 Å². The second-order valence-corrected chi connectivity index (χ2v) is 9.01. The van der Waals surface area contributed by atoms with Crippen molar-refractivity contribution in [3.8, 4) is 0 Å². The predicted molar refractivity (Wildman–Crippen MR) is 121 cm³/mol. The Balaban J connectivity index is 1.53. The minimum Gasteiger partial charge on any atom is -0.361 e. The SMILES string of the molecule is O=c1c(NCc2ccccc2)nc(Cl)c2n1[C@@H](Cc1ccccc1)CC21CCCC1. The molecule has 2 aliphatic rings. The third-order valence-corrected chi connectivity index (χ3v) is 7.00. The number of benzene rings is 2. The van der Waals surface area contributed by atoms with E-state index >= 15 is 0 Å². The summed E-state index contributed by atoms with van der Waals surface area (Å²) in [5.41, 5.74) is 3.28. The van der Waals surface area contributed by atoms with Crippen molar-refractivity contribution in [2.75, 3.05) is 5.32 Å². The first-order valence-corrected chi connectivity index (χ1v) is 11.2. The molecule has 1 saturated carbocycles. The molecule has 3 aromatic rings. The van der Waals surface area contributed by atoms with Gasteiger partial charge in [-0.2, -0.15) is 0 Å². The summed E-state index contributed by atoms with van der Waals surface area (Å²) in [5, 5.41) is 3.72. The largest absolute Gasteiger partial charge is 0.361 e. The molecule has 2 heterocycles. The average molecular weight is 420 g/mol. The van der Waals surface area contributed by atoms with E-state index in [1.54, 1.807) is 0 Å². The summed E-state index contributed by atoms with van der Waals surface area (Å²) < 4.78 is 1.97. The standard InChI is InChI=1S/C25H26ClN3O/c26-22-21-25(13-7-8-14-25)16-20(15-18-9-3-1-4-10-18)29(21)24(30)23(28-22)27-17-19-11-5-2-6-12-19/h1-6,9-12,20H,7-8,13-17H2,(H,27,28)/t20-/m0/s1. The van der Waals surface area contributed by atoms with E-state index in [1.165, 1.54) is 18.4 Å². The zero-order valence-corrected chi connectivity index (χ0v) is 17.7. The Bertz CT molecular complexity index is 1090. The van der Waals surface area contributed by atoms with Gasteiger partial charge in [-0.05, 0) is 36.8 Å². The number of halogens is 1. The van der Waals surface area contributed by atoms with Crippen molar-refractivity contribution in [1.82, 2.24) is 9.55 Å². The third kappa shape index (κ3) is 3.43. The van der Waals surface area contributed by atoms with Gasteiger partial charge in [0.15, 0.2) is 11.0 Å². The fourth-order valence-corrected chi connectivity index (χ4v) is 5.79. The molecule has 0 radical (unpaired) electrons. The Morgan fingerprint density at radius 1 is 1.00 bits per heavy atom. The van der Waals surface area contributed by atoms with Gasteiger partial charge in [0.2, 0.25) is 0 Å². The van der Waals surface area contributed by atoms with Crippen molar-refractivity contribution in [2.24, 2.45) is 0 Å². The van der Waals surface area contributed by atoms with Crippen LogP contribution in [0.4, 0.5) is 5.82 Å². The Morgan fingerprint density at radius 2 is 1.63 bits per heavy atom. The van der Waals surface area contributed by atoms with Gasteiger partial charge in [-0.1, -0.05) is 85.1 Å². The van der Waals surface area contributed by atoms with Crippen molar-refractivity contribution < 1.29 is 0 Å². The van der Waals surface area contributed by atoms with E-state index < -0.39 is 0 Å². The summed E-state index contributed by atoms with van der Waals surface area (Å²) in [4.78, 5) is 18.1. The van der Waals surface area contributed by atoms with Crippen LogP contribution in [-0.2, 0) is 18.4 Å². The smallest absolute Gasteiger partial charge is 0.293 e. The van der Waals surface area contributed by atoms with Crippen molar-refractivity contribution >= 4 is 17.4 Å². The van der Waals surface area contributed by atoms with Crippen LogP contribution in [0.2, 0.25) is 5.15 Å². The maximum absolute atomic E-state index is 13.6. The first kappa shape index (κ1) is 19.4. The quantitative estimate of drug-likeness (QED) is 0.593. The Kier molecular flexibility index (Phi) is 5.11. The Morgan fingerprint density at radius 3 is 2.30 bits per heavy atom. The van der Waals surface area contributed by atoms with Crippen LogP contribution in [0.25, 0.3) is 0 Å². The fourth-order valence-electron chi connectivity index (χ4n) is 5.41. The topological polar surface area (TPSA) is 46.9 Å². The molecule has 1 atom stereocenters. The zero-order chi connectivity index (χ0) is 20.6. The lowest BCUT2D eigenvalue weighted by atomic mass is 9.80.